The first kappa shape index (κ1) is 18.5. The summed E-state index contributed by atoms with van der Waals surface area (Å²) < 4.78 is 11.1. The molecule has 1 aromatic carbocycles. The number of rotatable bonds is 6. The Bertz CT molecular complexity index is 748. The van der Waals surface area contributed by atoms with Gasteiger partial charge in [0.05, 0.1) is 12.7 Å². The molecule has 1 heterocycles. The molecule has 3 rings (SSSR count). The maximum Gasteiger partial charge on any atom is 0.278 e. The van der Waals surface area contributed by atoms with Gasteiger partial charge in [-0.2, -0.15) is 0 Å². The molecule has 1 aliphatic carbocycles. The molecule has 0 spiro atoms. The van der Waals surface area contributed by atoms with E-state index in [0.717, 1.165) is 36.1 Å². The van der Waals surface area contributed by atoms with Crippen molar-refractivity contribution in [3.63, 3.8) is 0 Å². The summed E-state index contributed by atoms with van der Waals surface area (Å²) in [6, 6.07) is 7.86. The van der Waals surface area contributed by atoms with Crippen molar-refractivity contribution in [2.45, 2.75) is 42.7 Å². The molecule has 0 bridgehead atoms. The number of ether oxygens (including phenoxy) is 2. The fourth-order valence-corrected chi connectivity index (χ4v) is 3.71. The van der Waals surface area contributed by atoms with Crippen LogP contribution in [0.1, 0.15) is 36.0 Å². The van der Waals surface area contributed by atoms with E-state index in [-0.39, 0.29) is 18.1 Å². The maximum atomic E-state index is 12.6. The third-order valence-electron chi connectivity index (χ3n) is 4.47. The summed E-state index contributed by atoms with van der Waals surface area (Å²) in [4.78, 5) is 21.8. The van der Waals surface area contributed by atoms with Crippen LogP contribution in [0.3, 0.4) is 0 Å². The lowest BCUT2D eigenvalue weighted by molar-refractivity contribution is 0.0883. The van der Waals surface area contributed by atoms with Gasteiger partial charge in [0.25, 0.3) is 17.7 Å². The van der Waals surface area contributed by atoms with Crippen LogP contribution in [0.25, 0.3) is 0 Å². The smallest absolute Gasteiger partial charge is 0.278 e. The van der Waals surface area contributed by atoms with Gasteiger partial charge in [0.15, 0.2) is 0 Å². The molecule has 6 nitrogen and oxygen atoms in total. The Morgan fingerprint density at radius 3 is 2.50 bits per heavy atom. The molecule has 0 radical (unpaired) electrons. The fraction of sp³-hybridized carbons (Fsp3) is 0.421. The number of carbonyl (C=O) groups is 1. The van der Waals surface area contributed by atoms with Crippen LogP contribution >= 0.6 is 11.8 Å². The number of carbonyl (C=O) groups excluding carboxylic acids is 1. The second-order valence-corrected chi connectivity index (χ2v) is 6.98. The number of methoxy groups -OCH3 is 1. The number of amides is 1. The van der Waals surface area contributed by atoms with Gasteiger partial charge in [0, 0.05) is 23.3 Å². The third-order valence-corrected chi connectivity index (χ3v) is 5.26. The van der Waals surface area contributed by atoms with Crippen molar-refractivity contribution in [2.75, 3.05) is 13.4 Å². The first-order chi connectivity index (χ1) is 12.7. The number of thioether (sulfide) groups is 1. The second kappa shape index (κ2) is 8.89. The van der Waals surface area contributed by atoms with Crippen LogP contribution in [-0.4, -0.2) is 41.4 Å². The van der Waals surface area contributed by atoms with Gasteiger partial charge in [0.1, 0.15) is 6.10 Å². The third kappa shape index (κ3) is 4.46. The van der Waals surface area contributed by atoms with Crippen LogP contribution in [0.4, 0.5) is 0 Å². The van der Waals surface area contributed by atoms with Crippen LogP contribution in [-0.2, 0) is 0 Å². The molecule has 1 aromatic heterocycles. The molecular formula is C19H23N3O3S. The molecule has 0 unspecified atom stereocenters. The Labute approximate surface area is 157 Å². The molecule has 1 saturated carbocycles. The highest BCUT2D eigenvalue weighted by Crippen LogP contribution is 2.27. The summed E-state index contributed by atoms with van der Waals surface area (Å²) in [5.41, 5.74) is 0.739. The zero-order valence-electron chi connectivity index (χ0n) is 15.0. The highest BCUT2D eigenvalue weighted by Gasteiger charge is 2.25. The van der Waals surface area contributed by atoms with Gasteiger partial charge in [-0.25, -0.2) is 9.97 Å². The van der Waals surface area contributed by atoms with E-state index in [2.05, 4.69) is 15.3 Å². The van der Waals surface area contributed by atoms with E-state index in [0.29, 0.717) is 11.8 Å². The SMILES string of the molecule is COc1nccnc1OC1CCC(NC(=O)c2ccccc2SC)CC1. The van der Waals surface area contributed by atoms with Gasteiger partial charge in [-0.05, 0) is 44.1 Å². The number of hydrogen-bond donors (Lipinski definition) is 1. The molecular weight excluding hydrogens is 350 g/mol. The maximum absolute atomic E-state index is 12.6. The van der Waals surface area contributed by atoms with Crippen molar-refractivity contribution in [1.29, 1.82) is 0 Å². The van der Waals surface area contributed by atoms with E-state index >= 15 is 0 Å². The molecule has 0 saturated heterocycles. The van der Waals surface area contributed by atoms with E-state index in [9.17, 15) is 4.79 Å². The average molecular weight is 373 g/mol. The minimum Gasteiger partial charge on any atom is -0.477 e. The van der Waals surface area contributed by atoms with E-state index in [1.165, 1.54) is 0 Å². The predicted octanol–water partition coefficient (Wildman–Crippen LogP) is 3.33. The second-order valence-electron chi connectivity index (χ2n) is 6.14. The number of hydrogen-bond acceptors (Lipinski definition) is 6. The van der Waals surface area contributed by atoms with Crippen molar-refractivity contribution < 1.29 is 14.3 Å². The van der Waals surface area contributed by atoms with E-state index in [4.69, 9.17) is 9.47 Å². The summed E-state index contributed by atoms with van der Waals surface area (Å²) in [6.45, 7) is 0. The fourth-order valence-electron chi connectivity index (χ4n) is 3.11. The number of nitrogens with one attached hydrogen (secondary N) is 1. The van der Waals surface area contributed by atoms with Crippen molar-refractivity contribution >= 4 is 17.7 Å². The first-order valence-corrected chi connectivity index (χ1v) is 9.89. The number of aromatic nitrogens is 2. The van der Waals surface area contributed by atoms with Crippen LogP contribution in [0.5, 0.6) is 11.8 Å². The average Bonchev–Trinajstić information content (AvgIpc) is 2.69. The summed E-state index contributed by atoms with van der Waals surface area (Å²) >= 11 is 1.59. The molecule has 0 atom stereocenters. The molecule has 1 N–H and O–H groups in total. The Morgan fingerprint density at radius 2 is 1.81 bits per heavy atom. The van der Waals surface area contributed by atoms with Gasteiger partial charge < -0.3 is 14.8 Å². The van der Waals surface area contributed by atoms with Crippen LogP contribution in [0.15, 0.2) is 41.6 Å². The van der Waals surface area contributed by atoms with Gasteiger partial charge in [0.2, 0.25) is 0 Å². The minimum atomic E-state index is -0.00471. The lowest BCUT2D eigenvalue weighted by Crippen LogP contribution is -2.40. The van der Waals surface area contributed by atoms with E-state index in [1.54, 1.807) is 31.3 Å². The quantitative estimate of drug-likeness (QED) is 0.783. The normalized spacial score (nSPS) is 19.6. The van der Waals surface area contributed by atoms with Gasteiger partial charge >= 0.3 is 0 Å². The number of nitrogens with zero attached hydrogens (tertiary/aromatic N) is 2. The van der Waals surface area contributed by atoms with E-state index < -0.39 is 0 Å². The Balaban J connectivity index is 1.53. The van der Waals surface area contributed by atoms with Gasteiger partial charge in [-0.3, -0.25) is 4.79 Å². The molecule has 1 fully saturated rings. The van der Waals surface area contributed by atoms with Crippen molar-refractivity contribution in [1.82, 2.24) is 15.3 Å². The topological polar surface area (TPSA) is 73.3 Å². The van der Waals surface area contributed by atoms with Gasteiger partial charge in [-0.1, -0.05) is 12.1 Å². The van der Waals surface area contributed by atoms with Crippen molar-refractivity contribution in [3.8, 4) is 11.8 Å². The van der Waals surface area contributed by atoms with Crippen molar-refractivity contribution in [3.05, 3.63) is 42.2 Å². The monoisotopic (exact) mass is 373 g/mol. The molecule has 0 aliphatic heterocycles. The lowest BCUT2D eigenvalue weighted by atomic mass is 9.92. The highest BCUT2D eigenvalue weighted by atomic mass is 32.2. The van der Waals surface area contributed by atoms with Crippen LogP contribution in [0, 0.1) is 0 Å². The zero-order chi connectivity index (χ0) is 18.4. The van der Waals surface area contributed by atoms with Crippen molar-refractivity contribution in [2.24, 2.45) is 0 Å². The van der Waals surface area contributed by atoms with E-state index in [1.807, 2.05) is 30.5 Å². The molecule has 2 aromatic rings. The molecule has 1 aliphatic rings. The summed E-state index contributed by atoms with van der Waals surface area (Å²) in [6.07, 6.45) is 8.67. The predicted molar refractivity (Wildman–Crippen MR) is 101 cm³/mol. The molecule has 1 amide bonds. The Kier molecular flexibility index (Phi) is 6.33. The largest absolute Gasteiger partial charge is 0.477 e. The first-order valence-electron chi connectivity index (χ1n) is 8.66. The molecule has 26 heavy (non-hydrogen) atoms. The zero-order valence-corrected chi connectivity index (χ0v) is 15.8. The van der Waals surface area contributed by atoms with Gasteiger partial charge in [-0.15, -0.1) is 11.8 Å². The summed E-state index contributed by atoms with van der Waals surface area (Å²) in [5.74, 6) is 0.822. The molecule has 7 heteroatoms. The summed E-state index contributed by atoms with van der Waals surface area (Å²) in [7, 11) is 1.55. The highest BCUT2D eigenvalue weighted by molar-refractivity contribution is 7.98. The Hall–Kier alpha value is -2.28. The number of benzene rings is 1. The summed E-state index contributed by atoms with van der Waals surface area (Å²) in [5, 5.41) is 3.16. The lowest BCUT2D eigenvalue weighted by Gasteiger charge is -2.29. The standard InChI is InChI=1S/C19H23N3O3S/c1-24-18-19(21-12-11-20-18)25-14-9-7-13(8-10-14)22-17(23)15-5-3-4-6-16(15)26-2/h3-6,11-14H,7-10H2,1-2H3,(H,22,23). The molecule has 138 valence electrons. The minimum absolute atomic E-state index is 0.00471. The van der Waals surface area contributed by atoms with Crippen LogP contribution < -0.4 is 14.8 Å². The van der Waals surface area contributed by atoms with Crippen LogP contribution in [0.2, 0.25) is 0 Å². The Morgan fingerprint density at radius 1 is 1.12 bits per heavy atom.